The van der Waals surface area contributed by atoms with Crippen LogP contribution in [0.3, 0.4) is 0 Å². The molecule has 0 aromatic rings. The van der Waals surface area contributed by atoms with E-state index in [0.29, 0.717) is 26.1 Å². The zero-order valence-electron chi connectivity index (χ0n) is 17.1. The summed E-state index contributed by atoms with van der Waals surface area (Å²) in [4.78, 5) is 22.6. The van der Waals surface area contributed by atoms with Crippen molar-refractivity contribution in [3.05, 3.63) is 12.2 Å². The van der Waals surface area contributed by atoms with Gasteiger partial charge in [0.2, 0.25) is 0 Å². The predicted molar refractivity (Wildman–Crippen MR) is 107 cm³/mol. The highest BCUT2D eigenvalue weighted by atomic mass is 16.5. The molecular weight excluding hydrogens is 328 g/mol. The van der Waals surface area contributed by atoms with Crippen LogP contribution in [0, 0.1) is 0 Å². The molecular formula is C22H40O4. The van der Waals surface area contributed by atoms with Crippen molar-refractivity contribution in [3.8, 4) is 0 Å². The average molecular weight is 369 g/mol. The van der Waals surface area contributed by atoms with Crippen LogP contribution in [-0.2, 0) is 19.1 Å². The van der Waals surface area contributed by atoms with Crippen LogP contribution in [0.2, 0.25) is 0 Å². The molecule has 0 aliphatic carbocycles. The summed E-state index contributed by atoms with van der Waals surface area (Å²) in [6, 6.07) is 0. The van der Waals surface area contributed by atoms with E-state index < -0.39 is 0 Å². The number of unbranched alkanes of at least 4 members (excludes halogenated alkanes) is 9. The van der Waals surface area contributed by atoms with Crippen molar-refractivity contribution in [2.75, 3.05) is 13.2 Å². The summed E-state index contributed by atoms with van der Waals surface area (Å²) >= 11 is 0. The fourth-order valence-corrected chi connectivity index (χ4v) is 2.63. The van der Waals surface area contributed by atoms with Crippen molar-refractivity contribution >= 4 is 11.9 Å². The Hall–Kier alpha value is -1.32. The lowest BCUT2D eigenvalue weighted by Gasteiger charge is -2.03. The van der Waals surface area contributed by atoms with Crippen LogP contribution in [0.5, 0.6) is 0 Å². The van der Waals surface area contributed by atoms with Crippen LogP contribution in [0.25, 0.3) is 0 Å². The zero-order chi connectivity index (χ0) is 19.3. The lowest BCUT2D eigenvalue weighted by molar-refractivity contribution is -0.144. The summed E-state index contributed by atoms with van der Waals surface area (Å²) in [6.45, 7) is 5.09. The summed E-state index contributed by atoms with van der Waals surface area (Å²) in [7, 11) is 0. The molecule has 0 radical (unpaired) electrons. The summed E-state index contributed by atoms with van der Waals surface area (Å²) in [6.07, 6.45) is 18.7. The Morgan fingerprint density at radius 3 is 1.73 bits per heavy atom. The first-order valence-electron chi connectivity index (χ1n) is 10.7. The van der Waals surface area contributed by atoms with Crippen LogP contribution in [0.15, 0.2) is 12.2 Å². The minimum atomic E-state index is -0.124. The van der Waals surface area contributed by atoms with Gasteiger partial charge in [-0.15, -0.1) is 0 Å². The van der Waals surface area contributed by atoms with Gasteiger partial charge in [-0.1, -0.05) is 70.9 Å². The van der Waals surface area contributed by atoms with Crippen LogP contribution < -0.4 is 0 Å². The molecule has 0 rings (SSSR count). The summed E-state index contributed by atoms with van der Waals surface area (Å²) < 4.78 is 10.1. The summed E-state index contributed by atoms with van der Waals surface area (Å²) in [5, 5.41) is 0. The third-order valence-electron chi connectivity index (χ3n) is 4.14. The predicted octanol–water partition coefficient (Wildman–Crippen LogP) is 6.13. The van der Waals surface area contributed by atoms with Gasteiger partial charge in [-0.05, 0) is 32.1 Å². The van der Waals surface area contributed by atoms with Crippen LogP contribution in [-0.4, -0.2) is 25.2 Å². The Bertz CT molecular complexity index is 363. The second kappa shape index (κ2) is 20.0. The molecule has 4 heteroatoms. The summed E-state index contributed by atoms with van der Waals surface area (Å²) in [5.74, 6) is -0.167. The number of hydrogen-bond donors (Lipinski definition) is 0. The Labute approximate surface area is 160 Å². The minimum absolute atomic E-state index is 0.0428. The number of allylic oxidation sites excluding steroid dienone is 1. The number of carbonyl (C=O) groups is 2. The average Bonchev–Trinajstić information content (AvgIpc) is 2.64. The topological polar surface area (TPSA) is 52.6 Å². The third-order valence-corrected chi connectivity index (χ3v) is 4.14. The van der Waals surface area contributed by atoms with Gasteiger partial charge >= 0.3 is 11.9 Å². The lowest BCUT2D eigenvalue weighted by atomic mass is 10.1. The lowest BCUT2D eigenvalue weighted by Crippen LogP contribution is -2.04. The molecule has 0 aromatic heterocycles. The van der Waals surface area contributed by atoms with Gasteiger partial charge < -0.3 is 9.47 Å². The smallest absolute Gasteiger partial charge is 0.309 e. The van der Waals surface area contributed by atoms with E-state index in [0.717, 1.165) is 32.1 Å². The largest absolute Gasteiger partial charge is 0.466 e. The van der Waals surface area contributed by atoms with Crippen molar-refractivity contribution in [3.63, 3.8) is 0 Å². The highest BCUT2D eigenvalue weighted by Gasteiger charge is 2.01. The highest BCUT2D eigenvalue weighted by molar-refractivity contribution is 5.71. The molecule has 0 fully saturated rings. The third kappa shape index (κ3) is 19.0. The van der Waals surface area contributed by atoms with E-state index in [1.807, 2.05) is 19.9 Å². The summed E-state index contributed by atoms with van der Waals surface area (Å²) in [5.41, 5.74) is 0. The maximum atomic E-state index is 11.3. The molecule has 0 spiro atoms. The number of esters is 2. The Kier molecular flexibility index (Phi) is 19.0. The van der Waals surface area contributed by atoms with E-state index >= 15 is 0 Å². The van der Waals surface area contributed by atoms with Gasteiger partial charge in [0.05, 0.1) is 19.6 Å². The molecule has 0 unspecified atom stereocenters. The van der Waals surface area contributed by atoms with Gasteiger partial charge in [-0.3, -0.25) is 9.59 Å². The molecule has 0 aromatic carbocycles. The van der Waals surface area contributed by atoms with E-state index in [4.69, 9.17) is 9.47 Å². The van der Waals surface area contributed by atoms with Gasteiger partial charge in [0.1, 0.15) is 0 Å². The molecule has 152 valence electrons. The maximum Gasteiger partial charge on any atom is 0.309 e. The Morgan fingerprint density at radius 1 is 0.654 bits per heavy atom. The molecule has 0 aliphatic rings. The standard InChI is InChI=1S/C22H40O4/c1-3-19-25-21(23)17-15-13-11-9-7-5-6-8-10-12-14-16-18-22(24)26-20-4-2/h13,15H,3-12,14,16-20H2,1-2H3/b15-13+. The van der Waals surface area contributed by atoms with E-state index in [1.54, 1.807) is 0 Å². The first kappa shape index (κ1) is 24.7. The van der Waals surface area contributed by atoms with Crippen molar-refractivity contribution in [1.82, 2.24) is 0 Å². The molecule has 0 saturated carbocycles. The van der Waals surface area contributed by atoms with Crippen LogP contribution >= 0.6 is 0 Å². The second-order valence-electron chi connectivity index (χ2n) is 6.84. The molecule has 0 saturated heterocycles. The molecule has 0 aliphatic heterocycles. The highest BCUT2D eigenvalue weighted by Crippen LogP contribution is 2.12. The molecule has 0 N–H and O–H groups in total. The quantitative estimate of drug-likeness (QED) is 0.166. The normalized spacial score (nSPS) is 11.0. The molecule has 0 bridgehead atoms. The van der Waals surface area contributed by atoms with Crippen molar-refractivity contribution < 1.29 is 19.1 Å². The first-order valence-corrected chi connectivity index (χ1v) is 10.7. The maximum absolute atomic E-state index is 11.3. The van der Waals surface area contributed by atoms with Crippen LogP contribution in [0.1, 0.15) is 104 Å². The fraction of sp³-hybridized carbons (Fsp3) is 0.818. The Balaban J connectivity index is 3.22. The number of hydrogen-bond acceptors (Lipinski definition) is 4. The number of carbonyl (C=O) groups excluding carboxylic acids is 2. The van der Waals surface area contributed by atoms with E-state index in [1.165, 1.54) is 44.9 Å². The van der Waals surface area contributed by atoms with Gasteiger partial charge in [0, 0.05) is 6.42 Å². The van der Waals surface area contributed by atoms with Gasteiger partial charge in [0.25, 0.3) is 0 Å². The van der Waals surface area contributed by atoms with Gasteiger partial charge in [0.15, 0.2) is 0 Å². The number of ether oxygens (including phenoxy) is 2. The molecule has 0 heterocycles. The van der Waals surface area contributed by atoms with Gasteiger partial charge in [-0.2, -0.15) is 0 Å². The van der Waals surface area contributed by atoms with Crippen molar-refractivity contribution in [2.45, 2.75) is 104 Å². The van der Waals surface area contributed by atoms with E-state index in [2.05, 4.69) is 6.08 Å². The fourth-order valence-electron chi connectivity index (χ4n) is 2.63. The van der Waals surface area contributed by atoms with E-state index in [9.17, 15) is 9.59 Å². The van der Waals surface area contributed by atoms with Crippen LogP contribution in [0.4, 0.5) is 0 Å². The van der Waals surface area contributed by atoms with E-state index in [-0.39, 0.29) is 11.9 Å². The first-order chi connectivity index (χ1) is 12.7. The Morgan fingerprint density at radius 2 is 1.15 bits per heavy atom. The monoisotopic (exact) mass is 368 g/mol. The zero-order valence-corrected chi connectivity index (χ0v) is 17.1. The second-order valence-corrected chi connectivity index (χ2v) is 6.84. The van der Waals surface area contributed by atoms with Crippen molar-refractivity contribution in [2.24, 2.45) is 0 Å². The van der Waals surface area contributed by atoms with Gasteiger partial charge in [-0.25, -0.2) is 0 Å². The number of rotatable bonds is 18. The molecule has 4 nitrogen and oxygen atoms in total. The minimum Gasteiger partial charge on any atom is -0.466 e. The molecule has 0 amide bonds. The van der Waals surface area contributed by atoms with Crippen molar-refractivity contribution in [1.29, 1.82) is 0 Å². The SMILES string of the molecule is CCCOC(=O)C/C=C/CCCCCCCCCCCC(=O)OCCC. The molecule has 0 atom stereocenters. The molecule has 26 heavy (non-hydrogen) atoms.